The Balaban J connectivity index is 1.66. The van der Waals surface area contributed by atoms with Crippen LogP contribution in [0.5, 0.6) is 0 Å². The van der Waals surface area contributed by atoms with Crippen molar-refractivity contribution in [1.82, 2.24) is 0 Å². The van der Waals surface area contributed by atoms with E-state index in [9.17, 15) is 0 Å². The van der Waals surface area contributed by atoms with Crippen LogP contribution in [-0.4, -0.2) is 18.8 Å². The molecule has 2 aliphatic rings. The zero-order valence-corrected chi connectivity index (χ0v) is 15.3. The average molecular weight is 330 g/mol. The predicted molar refractivity (Wildman–Crippen MR) is 108 cm³/mol. The molecule has 2 nitrogen and oxygen atoms in total. The summed E-state index contributed by atoms with van der Waals surface area (Å²) in [4.78, 5) is 5.07. The fraction of sp³-hybridized carbons (Fsp3) is 0.304. The number of fused-ring (bicyclic) bond motifs is 1. The number of rotatable bonds is 3. The van der Waals surface area contributed by atoms with Gasteiger partial charge in [0.05, 0.1) is 23.6 Å². The van der Waals surface area contributed by atoms with Crippen molar-refractivity contribution in [3.8, 4) is 0 Å². The van der Waals surface area contributed by atoms with Crippen molar-refractivity contribution >= 4 is 16.9 Å². The molecule has 3 unspecified atom stereocenters. The zero-order valence-electron chi connectivity index (χ0n) is 15.3. The first-order valence-corrected chi connectivity index (χ1v) is 9.30. The largest absolute Gasteiger partial charge is 0.350 e. The molecule has 2 aromatic rings. The lowest BCUT2D eigenvalue weighted by molar-refractivity contribution is 0.513. The van der Waals surface area contributed by atoms with Gasteiger partial charge in [0.2, 0.25) is 0 Å². The molecule has 2 aromatic carbocycles. The van der Waals surface area contributed by atoms with E-state index in [1.807, 2.05) is 0 Å². The minimum Gasteiger partial charge on any atom is -0.350 e. The maximum Gasteiger partial charge on any atom is 0.0994 e. The van der Waals surface area contributed by atoms with Crippen molar-refractivity contribution in [2.75, 3.05) is 16.3 Å². The molecule has 0 N–H and O–H groups in total. The molecule has 4 rings (SSSR count). The van der Waals surface area contributed by atoms with Gasteiger partial charge in [0.25, 0.3) is 0 Å². The number of anilines is 2. The van der Waals surface area contributed by atoms with Crippen molar-refractivity contribution in [2.45, 2.75) is 33.0 Å². The van der Waals surface area contributed by atoms with Crippen LogP contribution in [0, 0.1) is 5.92 Å². The lowest BCUT2D eigenvalue weighted by Gasteiger charge is -2.38. The summed E-state index contributed by atoms with van der Waals surface area (Å²) in [6, 6.07) is 19.9. The van der Waals surface area contributed by atoms with E-state index >= 15 is 0 Å². The maximum absolute atomic E-state index is 2.58. The molecule has 0 amide bonds. The Bertz CT molecular complexity index is 806. The molecular weight excluding hydrogens is 304 g/mol. The van der Waals surface area contributed by atoms with Gasteiger partial charge in [-0.2, -0.15) is 0 Å². The average Bonchev–Trinajstić information content (AvgIpc) is 2.93. The Morgan fingerprint density at radius 3 is 2.24 bits per heavy atom. The SMILES string of the molecule is CCN1c2ccccc2N(C2C=CC(c3ccccc3)=CC2C)C1C. The van der Waals surface area contributed by atoms with Gasteiger partial charge in [-0.3, -0.25) is 0 Å². The molecule has 1 aliphatic carbocycles. The van der Waals surface area contributed by atoms with Crippen LogP contribution in [0.1, 0.15) is 26.3 Å². The van der Waals surface area contributed by atoms with Gasteiger partial charge in [-0.05, 0) is 43.0 Å². The van der Waals surface area contributed by atoms with Crippen LogP contribution in [-0.2, 0) is 0 Å². The van der Waals surface area contributed by atoms with E-state index in [2.05, 4.69) is 103 Å². The second-order valence-corrected chi connectivity index (χ2v) is 7.01. The second kappa shape index (κ2) is 6.44. The van der Waals surface area contributed by atoms with E-state index < -0.39 is 0 Å². The molecule has 0 radical (unpaired) electrons. The highest BCUT2D eigenvalue weighted by molar-refractivity contribution is 5.80. The molecule has 128 valence electrons. The zero-order chi connectivity index (χ0) is 17.4. The Hall–Kier alpha value is -2.48. The minimum atomic E-state index is 0.381. The third-order valence-electron chi connectivity index (χ3n) is 5.55. The highest BCUT2D eigenvalue weighted by Crippen LogP contribution is 2.43. The van der Waals surface area contributed by atoms with Gasteiger partial charge < -0.3 is 9.80 Å². The number of nitrogens with zero attached hydrogens (tertiary/aromatic N) is 2. The van der Waals surface area contributed by atoms with Crippen molar-refractivity contribution < 1.29 is 0 Å². The molecule has 0 saturated carbocycles. The van der Waals surface area contributed by atoms with E-state index in [0.29, 0.717) is 18.1 Å². The molecule has 1 aliphatic heterocycles. The molecule has 3 atom stereocenters. The van der Waals surface area contributed by atoms with Gasteiger partial charge in [-0.25, -0.2) is 0 Å². The Labute approximate surface area is 151 Å². The molecular formula is C23H26N2. The number of benzene rings is 2. The van der Waals surface area contributed by atoms with Crippen LogP contribution >= 0.6 is 0 Å². The molecule has 0 aromatic heterocycles. The highest BCUT2D eigenvalue weighted by atomic mass is 15.4. The summed E-state index contributed by atoms with van der Waals surface area (Å²) in [7, 11) is 0. The number of allylic oxidation sites excluding steroid dienone is 2. The smallest absolute Gasteiger partial charge is 0.0994 e. The number of para-hydroxylation sites is 2. The minimum absolute atomic E-state index is 0.381. The van der Waals surface area contributed by atoms with Crippen LogP contribution in [0.4, 0.5) is 11.4 Å². The molecule has 0 fully saturated rings. The van der Waals surface area contributed by atoms with Crippen molar-refractivity contribution in [3.63, 3.8) is 0 Å². The molecule has 0 bridgehead atoms. The van der Waals surface area contributed by atoms with Gasteiger partial charge >= 0.3 is 0 Å². The summed E-state index contributed by atoms with van der Waals surface area (Å²) in [5, 5.41) is 0. The molecule has 25 heavy (non-hydrogen) atoms. The third-order valence-corrected chi connectivity index (χ3v) is 5.55. The molecule has 2 heteroatoms. The number of hydrogen-bond donors (Lipinski definition) is 0. The van der Waals surface area contributed by atoms with Crippen LogP contribution < -0.4 is 9.80 Å². The van der Waals surface area contributed by atoms with E-state index in [0.717, 1.165) is 6.54 Å². The predicted octanol–water partition coefficient (Wildman–Crippen LogP) is 5.34. The van der Waals surface area contributed by atoms with Gasteiger partial charge in [0, 0.05) is 6.54 Å². The summed E-state index contributed by atoms with van der Waals surface area (Å²) in [6.07, 6.45) is 7.49. The summed E-state index contributed by atoms with van der Waals surface area (Å²) in [5.74, 6) is 0.465. The van der Waals surface area contributed by atoms with Gasteiger partial charge in [0.15, 0.2) is 0 Å². The van der Waals surface area contributed by atoms with E-state index in [-0.39, 0.29) is 0 Å². The first-order valence-electron chi connectivity index (χ1n) is 9.30. The van der Waals surface area contributed by atoms with Crippen molar-refractivity contribution in [2.24, 2.45) is 5.92 Å². The molecule has 0 saturated heterocycles. The van der Waals surface area contributed by atoms with Crippen molar-refractivity contribution in [3.05, 3.63) is 78.4 Å². The van der Waals surface area contributed by atoms with E-state index in [4.69, 9.17) is 0 Å². The Kier molecular flexibility index (Phi) is 4.12. The van der Waals surface area contributed by atoms with Crippen LogP contribution in [0.15, 0.2) is 72.8 Å². The van der Waals surface area contributed by atoms with Crippen LogP contribution in [0.3, 0.4) is 0 Å². The topological polar surface area (TPSA) is 6.48 Å². The first-order chi connectivity index (χ1) is 12.2. The van der Waals surface area contributed by atoms with Gasteiger partial charge in [0.1, 0.15) is 0 Å². The van der Waals surface area contributed by atoms with E-state index in [1.54, 1.807) is 0 Å². The van der Waals surface area contributed by atoms with Crippen LogP contribution in [0.2, 0.25) is 0 Å². The number of hydrogen-bond acceptors (Lipinski definition) is 2. The Morgan fingerprint density at radius 2 is 1.56 bits per heavy atom. The standard InChI is InChI=1S/C23H26N2/c1-4-24-18(3)25(23-13-9-8-12-22(23)24)21-15-14-20(16-17(21)2)19-10-6-5-7-11-19/h5-18,21H,4H2,1-3H3. The molecule has 0 spiro atoms. The highest BCUT2D eigenvalue weighted by Gasteiger charge is 2.37. The third kappa shape index (κ3) is 2.66. The van der Waals surface area contributed by atoms with Gasteiger partial charge in [-0.15, -0.1) is 0 Å². The lowest BCUT2D eigenvalue weighted by atomic mass is 9.88. The second-order valence-electron chi connectivity index (χ2n) is 7.01. The maximum atomic E-state index is 2.58. The normalized spacial score (nSPS) is 25.1. The van der Waals surface area contributed by atoms with E-state index in [1.165, 1.54) is 22.5 Å². The monoisotopic (exact) mass is 330 g/mol. The first kappa shape index (κ1) is 16.0. The summed E-state index contributed by atoms with van der Waals surface area (Å²) in [5.41, 5.74) is 5.34. The fourth-order valence-corrected chi connectivity index (χ4v) is 4.31. The van der Waals surface area contributed by atoms with Crippen LogP contribution in [0.25, 0.3) is 5.57 Å². The summed E-state index contributed by atoms with van der Waals surface area (Å²) < 4.78 is 0. The molecule has 1 heterocycles. The lowest BCUT2D eigenvalue weighted by Crippen LogP contribution is -2.48. The van der Waals surface area contributed by atoms with Crippen molar-refractivity contribution in [1.29, 1.82) is 0 Å². The Morgan fingerprint density at radius 1 is 0.880 bits per heavy atom. The summed E-state index contributed by atoms with van der Waals surface area (Å²) >= 11 is 0. The fourth-order valence-electron chi connectivity index (χ4n) is 4.31. The summed E-state index contributed by atoms with van der Waals surface area (Å²) in [6.45, 7) is 7.93. The quantitative estimate of drug-likeness (QED) is 0.750. The van der Waals surface area contributed by atoms with Gasteiger partial charge in [-0.1, -0.05) is 67.6 Å².